The number of halogens is 1. The highest BCUT2D eigenvalue weighted by molar-refractivity contribution is 6.29. The third-order valence-electron chi connectivity index (χ3n) is 3.12. The Morgan fingerprint density at radius 3 is 3.00 bits per heavy atom. The zero-order chi connectivity index (χ0) is 14.8. The van der Waals surface area contributed by atoms with Crippen LogP contribution in [0.25, 0.3) is 17.0 Å². The minimum Gasteiger partial charge on any atom is -0.364 e. The van der Waals surface area contributed by atoms with E-state index < -0.39 is 5.91 Å². The number of H-pyrrole nitrogens is 2. The van der Waals surface area contributed by atoms with E-state index in [1.165, 1.54) is 0 Å². The molecule has 2 aromatic rings. The smallest absolute Gasteiger partial charge is 0.266 e. The second-order valence-electron chi connectivity index (χ2n) is 4.53. The van der Waals surface area contributed by atoms with Crippen LogP contribution in [0.2, 0.25) is 0 Å². The molecule has 0 bridgehead atoms. The van der Waals surface area contributed by atoms with Gasteiger partial charge in [0.2, 0.25) is 0 Å². The van der Waals surface area contributed by atoms with E-state index in [9.17, 15) is 4.79 Å². The lowest BCUT2D eigenvalue weighted by Gasteiger charge is -2.01. The second-order valence-corrected chi connectivity index (χ2v) is 5.01. The summed E-state index contributed by atoms with van der Waals surface area (Å²) in [5, 5.41) is 14.4. The van der Waals surface area contributed by atoms with Crippen molar-refractivity contribution in [2.24, 2.45) is 5.73 Å². The third kappa shape index (κ3) is 2.66. The van der Waals surface area contributed by atoms with Gasteiger partial charge in [-0.2, -0.15) is 10.2 Å². The van der Waals surface area contributed by atoms with Crippen LogP contribution in [0.5, 0.6) is 0 Å². The molecule has 1 aliphatic carbocycles. The van der Waals surface area contributed by atoms with Crippen LogP contribution in [0, 0.1) is 0 Å². The Morgan fingerprint density at radius 2 is 2.24 bits per heavy atom. The molecule has 21 heavy (non-hydrogen) atoms. The number of nitrogens with zero attached hydrogens (tertiary/aromatic N) is 2. The van der Waals surface area contributed by atoms with Crippen LogP contribution in [0.15, 0.2) is 41.6 Å². The van der Waals surface area contributed by atoms with Gasteiger partial charge in [0.15, 0.2) is 0 Å². The van der Waals surface area contributed by atoms with Gasteiger partial charge in [-0.1, -0.05) is 29.8 Å². The van der Waals surface area contributed by atoms with E-state index in [1.54, 1.807) is 12.3 Å². The number of carbonyl (C=O) groups excluding carboxylic acids is 1. The predicted molar refractivity (Wildman–Crippen MR) is 80.4 cm³/mol. The number of aromatic nitrogens is 4. The molecule has 0 aliphatic heterocycles. The first-order valence-corrected chi connectivity index (χ1v) is 6.65. The van der Waals surface area contributed by atoms with E-state index in [4.69, 9.17) is 17.3 Å². The summed E-state index contributed by atoms with van der Waals surface area (Å²) in [6, 6.07) is 1.59. The van der Waals surface area contributed by atoms with Gasteiger partial charge < -0.3 is 5.73 Å². The average molecular weight is 302 g/mol. The van der Waals surface area contributed by atoms with Gasteiger partial charge >= 0.3 is 0 Å². The molecule has 3 rings (SSSR count). The van der Waals surface area contributed by atoms with Gasteiger partial charge in [0.05, 0.1) is 11.9 Å². The largest absolute Gasteiger partial charge is 0.364 e. The van der Waals surface area contributed by atoms with E-state index in [1.807, 2.05) is 24.3 Å². The molecule has 6 nitrogen and oxygen atoms in total. The molecule has 106 valence electrons. The van der Waals surface area contributed by atoms with Crippen LogP contribution in [0.4, 0.5) is 0 Å². The topological polar surface area (TPSA) is 100 Å². The number of nitrogens with two attached hydrogens (primary N) is 1. The van der Waals surface area contributed by atoms with Crippen molar-refractivity contribution >= 4 is 23.1 Å². The zero-order valence-corrected chi connectivity index (χ0v) is 11.7. The Hall–Kier alpha value is -2.60. The molecule has 1 amide bonds. The molecule has 0 saturated carbocycles. The summed E-state index contributed by atoms with van der Waals surface area (Å²) in [6.45, 7) is 0. The second kappa shape index (κ2) is 5.41. The van der Waals surface area contributed by atoms with E-state index in [-0.39, 0.29) is 5.69 Å². The molecule has 1 aliphatic rings. The van der Waals surface area contributed by atoms with Crippen LogP contribution in [-0.2, 0) is 0 Å². The van der Waals surface area contributed by atoms with Gasteiger partial charge in [0.1, 0.15) is 11.4 Å². The van der Waals surface area contributed by atoms with Crippen molar-refractivity contribution in [3.05, 3.63) is 52.9 Å². The van der Waals surface area contributed by atoms with E-state index in [0.717, 1.165) is 16.2 Å². The van der Waals surface area contributed by atoms with Gasteiger partial charge in [0.25, 0.3) is 5.91 Å². The molecule has 2 aromatic heterocycles. The van der Waals surface area contributed by atoms with E-state index in [2.05, 4.69) is 20.4 Å². The van der Waals surface area contributed by atoms with Crippen LogP contribution in [0.1, 0.15) is 22.5 Å². The maximum absolute atomic E-state index is 11.1. The number of allylic oxidation sites excluding steroid dienone is 6. The molecular formula is C14H12ClN5O. The molecule has 2 heterocycles. The van der Waals surface area contributed by atoms with Crippen LogP contribution in [0.3, 0.4) is 0 Å². The summed E-state index contributed by atoms with van der Waals surface area (Å²) >= 11 is 6.02. The molecule has 4 N–H and O–H groups in total. The Balaban J connectivity index is 1.99. The lowest BCUT2D eigenvalue weighted by atomic mass is 10.0. The average Bonchev–Trinajstić information content (AvgIpc) is 3.06. The Labute approximate surface area is 125 Å². The first-order chi connectivity index (χ1) is 10.1. The SMILES string of the molecule is NC(=O)c1cc(-c2[nH]ncc2C2=CCC(Cl)=CC=C2)n[nH]1. The number of primary amides is 1. The lowest BCUT2D eigenvalue weighted by Crippen LogP contribution is -2.10. The Kier molecular flexibility index (Phi) is 3.45. The predicted octanol–water partition coefficient (Wildman–Crippen LogP) is 2.36. The van der Waals surface area contributed by atoms with E-state index >= 15 is 0 Å². The minimum absolute atomic E-state index is 0.251. The van der Waals surface area contributed by atoms with Crippen molar-refractivity contribution < 1.29 is 4.79 Å². The molecule has 0 saturated heterocycles. The maximum Gasteiger partial charge on any atom is 0.266 e. The van der Waals surface area contributed by atoms with Crippen LogP contribution in [-0.4, -0.2) is 26.3 Å². The molecule has 7 heteroatoms. The van der Waals surface area contributed by atoms with Gasteiger partial charge in [-0.15, -0.1) is 0 Å². The monoisotopic (exact) mass is 301 g/mol. The first-order valence-electron chi connectivity index (χ1n) is 6.27. The summed E-state index contributed by atoms with van der Waals surface area (Å²) < 4.78 is 0. The van der Waals surface area contributed by atoms with Gasteiger partial charge in [-0.25, -0.2) is 0 Å². The van der Waals surface area contributed by atoms with Crippen molar-refractivity contribution in [3.8, 4) is 11.4 Å². The first kappa shape index (κ1) is 13.4. The van der Waals surface area contributed by atoms with Crippen molar-refractivity contribution in [3.63, 3.8) is 0 Å². The number of hydrogen-bond donors (Lipinski definition) is 3. The van der Waals surface area contributed by atoms with Crippen molar-refractivity contribution in [1.29, 1.82) is 0 Å². The number of nitrogens with one attached hydrogen (secondary N) is 2. The standard InChI is InChI=1S/C14H12ClN5O/c15-9-3-1-2-8(4-5-9)10-7-17-20-13(10)11-6-12(14(16)21)19-18-11/h1-4,6-7H,5H2,(H2,16,21)(H,17,20)(H,18,19). The van der Waals surface area contributed by atoms with Crippen molar-refractivity contribution in [1.82, 2.24) is 20.4 Å². The minimum atomic E-state index is -0.556. The van der Waals surface area contributed by atoms with Crippen molar-refractivity contribution in [2.75, 3.05) is 0 Å². The quantitative estimate of drug-likeness (QED) is 0.811. The fraction of sp³-hybridized carbons (Fsp3) is 0.0714. The molecule has 0 atom stereocenters. The summed E-state index contributed by atoms with van der Waals surface area (Å²) in [5.74, 6) is -0.556. The van der Waals surface area contributed by atoms with Gasteiger partial charge in [-0.3, -0.25) is 15.0 Å². The Bertz CT molecular complexity index is 781. The highest BCUT2D eigenvalue weighted by Crippen LogP contribution is 2.29. The fourth-order valence-corrected chi connectivity index (χ4v) is 2.23. The highest BCUT2D eigenvalue weighted by Gasteiger charge is 2.15. The molecule has 0 radical (unpaired) electrons. The summed E-state index contributed by atoms with van der Waals surface area (Å²) in [4.78, 5) is 11.1. The molecule has 0 unspecified atom stereocenters. The number of aromatic amines is 2. The summed E-state index contributed by atoms with van der Waals surface area (Å²) in [6.07, 6.45) is 10.1. The molecule has 0 fully saturated rings. The zero-order valence-electron chi connectivity index (χ0n) is 10.9. The third-order valence-corrected chi connectivity index (χ3v) is 3.40. The molecular weight excluding hydrogens is 290 g/mol. The number of hydrogen-bond acceptors (Lipinski definition) is 3. The Morgan fingerprint density at radius 1 is 1.38 bits per heavy atom. The van der Waals surface area contributed by atoms with Gasteiger partial charge in [-0.05, 0) is 17.7 Å². The van der Waals surface area contributed by atoms with Crippen LogP contribution >= 0.6 is 11.6 Å². The lowest BCUT2D eigenvalue weighted by molar-refractivity contribution is 0.0995. The highest BCUT2D eigenvalue weighted by atomic mass is 35.5. The number of carbonyl (C=O) groups is 1. The molecule has 0 aromatic carbocycles. The van der Waals surface area contributed by atoms with E-state index in [0.29, 0.717) is 17.8 Å². The number of amides is 1. The number of rotatable bonds is 3. The summed E-state index contributed by atoms with van der Waals surface area (Å²) in [5.41, 5.74) is 8.62. The fourth-order valence-electron chi connectivity index (χ4n) is 2.08. The van der Waals surface area contributed by atoms with Gasteiger partial charge in [0, 0.05) is 17.0 Å². The molecule has 0 spiro atoms. The van der Waals surface area contributed by atoms with Crippen molar-refractivity contribution in [2.45, 2.75) is 6.42 Å². The van der Waals surface area contributed by atoms with Crippen LogP contribution < -0.4 is 5.73 Å². The maximum atomic E-state index is 11.1. The normalized spacial score (nSPS) is 14.5. The summed E-state index contributed by atoms with van der Waals surface area (Å²) in [7, 11) is 0.